The van der Waals surface area contributed by atoms with E-state index < -0.39 is 0 Å². The second kappa shape index (κ2) is 11.7. The Labute approximate surface area is 184 Å². The monoisotopic (exact) mass is 415 g/mol. The second-order valence-corrected chi connectivity index (χ2v) is 9.56. The van der Waals surface area contributed by atoms with Crippen LogP contribution in [0.4, 0.5) is 10.5 Å². The summed E-state index contributed by atoms with van der Waals surface area (Å²) in [5.74, 6) is 0.558. The van der Waals surface area contributed by atoms with Gasteiger partial charge in [0.2, 0.25) is 0 Å². The summed E-state index contributed by atoms with van der Waals surface area (Å²) in [7, 11) is 0. The highest BCUT2D eigenvalue weighted by atomic mass is 16.6. The highest BCUT2D eigenvalue weighted by Crippen LogP contribution is 2.36. The largest absolute Gasteiger partial charge is 0.440 e. The Bertz CT molecular complexity index is 625. The fourth-order valence-corrected chi connectivity index (χ4v) is 5.37. The van der Waals surface area contributed by atoms with Crippen molar-refractivity contribution in [3.05, 3.63) is 30.3 Å². The van der Waals surface area contributed by atoms with Crippen LogP contribution in [-0.4, -0.2) is 49.4 Å². The summed E-state index contributed by atoms with van der Waals surface area (Å²) in [6.45, 7) is 10.1. The van der Waals surface area contributed by atoms with Gasteiger partial charge in [0.25, 0.3) is 0 Å². The number of para-hydroxylation sites is 1. The summed E-state index contributed by atoms with van der Waals surface area (Å²) in [5, 5.41) is 0. The predicted octanol–water partition coefficient (Wildman–Crippen LogP) is 6.40. The van der Waals surface area contributed by atoms with Crippen molar-refractivity contribution >= 4 is 11.8 Å². The van der Waals surface area contributed by atoms with Crippen molar-refractivity contribution < 1.29 is 14.0 Å². The van der Waals surface area contributed by atoms with Crippen molar-refractivity contribution in [2.24, 2.45) is 5.92 Å². The molecule has 3 aliphatic rings. The normalized spacial score (nSPS) is 25.3. The average molecular weight is 416 g/mol. The molecule has 1 aromatic rings. The lowest BCUT2D eigenvalue weighted by Crippen LogP contribution is -2.65. The minimum absolute atomic E-state index is 0.0908. The summed E-state index contributed by atoms with van der Waals surface area (Å²) < 4.78 is 7.40. The van der Waals surface area contributed by atoms with Crippen LogP contribution in [0.15, 0.2) is 30.3 Å². The molecular formula is C26H43N2O2+. The van der Waals surface area contributed by atoms with E-state index in [0.717, 1.165) is 38.0 Å². The van der Waals surface area contributed by atoms with Gasteiger partial charge in [-0.15, -0.1) is 0 Å². The van der Waals surface area contributed by atoms with Gasteiger partial charge in [-0.1, -0.05) is 64.2 Å². The Morgan fingerprint density at radius 1 is 0.967 bits per heavy atom. The first-order chi connectivity index (χ1) is 14.7. The third-order valence-electron chi connectivity index (χ3n) is 7.30. The third-order valence-corrected chi connectivity index (χ3v) is 7.30. The van der Waals surface area contributed by atoms with E-state index in [2.05, 4.69) is 13.8 Å². The maximum Gasteiger partial charge on any atom is 0.414 e. The van der Waals surface area contributed by atoms with Crippen molar-refractivity contribution in [3.63, 3.8) is 0 Å². The molecule has 3 fully saturated rings. The number of carbonyl (C=O) groups excluding carboxylic acids is 1. The molecule has 1 aromatic carbocycles. The van der Waals surface area contributed by atoms with Gasteiger partial charge in [0.05, 0.1) is 19.6 Å². The first-order valence-electron chi connectivity index (χ1n) is 12.6. The van der Waals surface area contributed by atoms with Gasteiger partial charge < -0.3 is 9.22 Å². The summed E-state index contributed by atoms with van der Waals surface area (Å²) in [5.41, 5.74) is 0.958. The van der Waals surface area contributed by atoms with Crippen molar-refractivity contribution in [1.82, 2.24) is 0 Å². The van der Waals surface area contributed by atoms with Crippen molar-refractivity contribution in [2.75, 3.05) is 37.6 Å². The van der Waals surface area contributed by atoms with Gasteiger partial charge in [0.1, 0.15) is 6.54 Å². The number of unbranched alkanes of at least 4 members (excludes halogenated alkanes) is 6. The van der Waals surface area contributed by atoms with E-state index in [9.17, 15) is 4.79 Å². The van der Waals surface area contributed by atoms with E-state index >= 15 is 0 Å². The second-order valence-electron chi connectivity index (χ2n) is 9.56. The topological polar surface area (TPSA) is 29.5 Å². The van der Waals surface area contributed by atoms with Crippen molar-refractivity contribution in [2.45, 2.75) is 84.2 Å². The fraction of sp³-hybridized carbons (Fsp3) is 0.731. The molecule has 168 valence electrons. The molecule has 0 aliphatic carbocycles. The number of amides is 1. The molecule has 3 heterocycles. The number of rotatable bonds is 12. The number of benzene rings is 1. The van der Waals surface area contributed by atoms with Gasteiger partial charge in [-0.3, -0.25) is 4.90 Å². The molecule has 0 saturated carbocycles. The SMILES string of the molecule is CCCCCCC[N+]12CCC(CC1)[C@@H](OC(=O)N(CCCCC)c1ccccc1)C2. The lowest BCUT2D eigenvalue weighted by Gasteiger charge is -2.52. The van der Waals surface area contributed by atoms with Crippen LogP contribution in [-0.2, 0) is 4.74 Å². The molecular weight excluding hydrogens is 372 g/mol. The molecule has 0 radical (unpaired) electrons. The molecule has 3 saturated heterocycles. The number of ether oxygens (including phenoxy) is 1. The maximum absolute atomic E-state index is 13.2. The maximum atomic E-state index is 13.2. The van der Waals surface area contributed by atoms with E-state index in [1.54, 1.807) is 0 Å². The highest BCUT2D eigenvalue weighted by molar-refractivity contribution is 5.87. The molecule has 0 spiro atoms. The standard InChI is InChI=1S/C26H43N2O2/c1-3-5-7-8-13-19-28-20-16-23(17-21-28)25(22-28)30-26(29)27(18-12-6-4-2)24-14-10-9-11-15-24/h9-11,14-15,23,25H,3-8,12-13,16-22H2,1-2H3/q+1/t23?,25-,28?/m0/s1. The van der Waals surface area contributed by atoms with E-state index in [-0.39, 0.29) is 12.2 Å². The number of fused-ring (bicyclic) bond motifs is 3. The molecule has 2 bridgehead atoms. The highest BCUT2D eigenvalue weighted by Gasteiger charge is 2.47. The quantitative estimate of drug-likeness (QED) is 0.292. The van der Waals surface area contributed by atoms with Crippen molar-refractivity contribution in [3.8, 4) is 0 Å². The van der Waals surface area contributed by atoms with Crippen LogP contribution < -0.4 is 4.90 Å². The van der Waals surface area contributed by atoms with Gasteiger partial charge in [-0.25, -0.2) is 4.79 Å². The Kier molecular flexibility index (Phi) is 9.05. The third kappa shape index (κ3) is 6.23. The molecule has 4 rings (SSSR count). The molecule has 1 amide bonds. The lowest BCUT2D eigenvalue weighted by atomic mass is 9.83. The number of quaternary nitrogens is 1. The van der Waals surface area contributed by atoms with Crippen LogP contribution in [0.25, 0.3) is 0 Å². The zero-order chi connectivity index (χ0) is 21.2. The number of hydrogen-bond donors (Lipinski definition) is 0. The van der Waals surface area contributed by atoms with Gasteiger partial charge in [-0.05, 0) is 31.4 Å². The number of anilines is 1. The van der Waals surface area contributed by atoms with Gasteiger partial charge in [0.15, 0.2) is 6.10 Å². The number of piperidine rings is 3. The number of carbonyl (C=O) groups is 1. The minimum atomic E-state index is -0.142. The van der Waals surface area contributed by atoms with Crippen LogP contribution in [0.5, 0.6) is 0 Å². The van der Waals surface area contributed by atoms with Gasteiger partial charge in [0, 0.05) is 31.0 Å². The van der Waals surface area contributed by atoms with Gasteiger partial charge in [-0.2, -0.15) is 0 Å². The van der Waals surface area contributed by atoms with Crippen LogP contribution in [0.1, 0.15) is 78.1 Å². The number of hydrogen-bond acceptors (Lipinski definition) is 2. The summed E-state index contributed by atoms with van der Waals surface area (Å²) in [6, 6.07) is 10.0. The predicted molar refractivity (Wildman–Crippen MR) is 125 cm³/mol. The first-order valence-corrected chi connectivity index (χ1v) is 12.6. The summed E-state index contributed by atoms with van der Waals surface area (Å²) in [4.78, 5) is 15.1. The molecule has 4 nitrogen and oxygen atoms in total. The minimum Gasteiger partial charge on any atom is -0.440 e. The molecule has 4 heteroatoms. The van der Waals surface area contributed by atoms with Crippen molar-refractivity contribution in [1.29, 1.82) is 0 Å². The molecule has 30 heavy (non-hydrogen) atoms. The molecule has 1 atom stereocenters. The van der Waals surface area contributed by atoms with Gasteiger partial charge >= 0.3 is 6.09 Å². The zero-order valence-corrected chi connectivity index (χ0v) is 19.4. The summed E-state index contributed by atoms with van der Waals surface area (Å²) in [6.07, 6.45) is 12.4. The van der Waals surface area contributed by atoms with Crippen LogP contribution >= 0.6 is 0 Å². The lowest BCUT2D eigenvalue weighted by molar-refractivity contribution is -0.946. The zero-order valence-electron chi connectivity index (χ0n) is 19.4. The molecule has 0 unspecified atom stereocenters. The summed E-state index contributed by atoms with van der Waals surface area (Å²) >= 11 is 0. The van der Waals surface area contributed by atoms with E-state index in [0.29, 0.717) is 5.92 Å². The molecule has 0 aromatic heterocycles. The molecule has 3 aliphatic heterocycles. The van der Waals surface area contributed by atoms with Crippen LogP contribution in [0, 0.1) is 5.92 Å². The Morgan fingerprint density at radius 2 is 1.63 bits per heavy atom. The Balaban J connectivity index is 1.58. The average Bonchev–Trinajstić information content (AvgIpc) is 2.78. The van der Waals surface area contributed by atoms with Crippen LogP contribution in [0.3, 0.4) is 0 Å². The van der Waals surface area contributed by atoms with E-state index in [4.69, 9.17) is 4.74 Å². The van der Waals surface area contributed by atoms with Crippen LogP contribution in [0.2, 0.25) is 0 Å². The Hall–Kier alpha value is -1.55. The van der Waals surface area contributed by atoms with E-state index in [1.165, 1.54) is 69.1 Å². The molecule has 0 N–H and O–H groups in total. The van der Waals surface area contributed by atoms with E-state index in [1.807, 2.05) is 35.2 Å². The first kappa shape index (κ1) is 23.1. The number of nitrogens with zero attached hydrogens (tertiary/aromatic N) is 2. The fourth-order valence-electron chi connectivity index (χ4n) is 5.37. The smallest absolute Gasteiger partial charge is 0.414 e. The Morgan fingerprint density at radius 3 is 2.33 bits per heavy atom.